The number of anilines is 1. The van der Waals surface area contributed by atoms with Gasteiger partial charge in [-0.3, -0.25) is 4.72 Å². The number of carbonyl (C=O) groups excluding carboxylic acids is 1. The molecule has 0 saturated carbocycles. The van der Waals surface area contributed by atoms with E-state index in [1.54, 1.807) is 30.3 Å². The molecule has 2 rings (SSSR count). The minimum Gasteiger partial charge on any atom is -0.495 e. The molecule has 7 nitrogen and oxygen atoms in total. The number of nitrogens with zero attached hydrogens (tertiary/aromatic N) is 1. The Hall–Kier alpha value is -2.83. The maximum Gasteiger partial charge on any atom is 0.265 e. The highest BCUT2D eigenvalue weighted by Crippen LogP contribution is 2.37. The summed E-state index contributed by atoms with van der Waals surface area (Å²) in [5.74, 6) is 0.144. The van der Waals surface area contributed by atoms with Crippen LogP contribution in [0, 0.1) is 0 Å². The maximum atomic E-state index is 12.6. The Kier molecular flexibility index (Phi) is 5.00. The second kappa shape index (κ2) is 6.95. The fourth-order valence-electron chi connectivity index (χ4n) is 1.92. The third-order valence-corrected chi connectivity index (χ3v) is 4.35. The molecule has 0 saturated heterocycles. The number of sulfonamides is 1. The molecule has 0 aromatic heterocycles. The maximum absolute atomic E-state index is 12.6. The average molecular weight is 334 g/mol. The van der Waals surface area contributed by atoms with E-state index in [4.69, 9.17) is 9.47 Å². The summed E-state index contributed by atoms with van der Waals surface area (Å²) in [6.45, 7) is 0. The van der Waals surface area contributed by atoms with Crippen LogP contribution in [0.4, 0.5) is 11.4 Å². The zero-order valence-corrected chi connectivity index (χ0v) is 13.3. The molecule has 0 fully saturated rings. The van der Waals surface area contributed by atoms with Crippen molar-refractivity contribution in [1.82, 2.24) is 0 Å². The highest BCUT2D eigenvalue weighted by Gasteiger charge is 2.23. The SMILES string of the molecule is COc1cc(S(=O)(=O)Nc2ccccc2)c(OC)cc1N=C=O. The standard InChI is InChI=1S/C15H14N2O5S/c1-21-13-9-15(14(22-2)8-12(13)16-10-18)23(19,20)17-11-6-4-3-5-7-11/h3-9,17H,1-2H3. The van der Waals surface area contributed by atoms with Gasteiger partial charge in [0.15, 0.2) is 0 Å². The van der Waals surface area contributed by atoms with Crippen molar-refractivity contribution in [1.29, 1.82) is 0 Å². The molecule has 120 valence electrons. The zero-order valence-electron chi connectivity index (χ0n) is 12.4. The Balaban J connectivity index is 2.54. The molecule has 0 aliphatic carbocycles. The lowest BCUT2D eigenvalue weighted by atomic mass is 10.3. The van der Waals surface area contributed by atoms with Crippen molar-refractivity contribution >= 4 is 27.5 Å². The van der Waals surface area contributed by atoms with Gasteiger partial charge >= 0.3 is 0 Å². The third kappa shape index (κ3) is 3.68. The smallest absolute Gasteiger partial charge is 0.265 e. The van der Waals surface area contributed by atoms with Crippen molar-refractivity contribution in [2.24, 2.45) is 4.99 Å². The van der Waals surface area contributed by atoms with E-state index in [1.165, 1.54) is 32.4 Å². The van der Waals surface area contributed by atoms with Crippen LogP contribution in [0.25, 0.3) is 0 Å². The molecule has 0 aliphatic heterocycles. The number of hydrogen-bond donors (Lipinski definition) is 1. The summed E-state index contributed by atoms with van der Waals surface area (Å²) in [4.78, 5) is 13.8. The number of methoxy groups -OCH3 is 2. The van der Waals surface area contributed by atoms with Crippen LogP contribution in [0.5, 0.6) is 11.5 Å². The number of nitrogens with one attached hydrogen (secondary N) is 1. The van der Waals surface area contributed by atoms with Gasteiger partial charge in [0.05, 0.1) is 14.2 Å². The predicted octanol–water partition coefficient (Wildman–Crippen LogP) is 2.47. The molecule has 0 spiro atoms. The van der Waals surface area contributed by atoms with Gasteiger partial charge < -0.3 is 9.47 Å². The molecule has 0 radical (unpaired) electrons. The Morgan fingerprint density at radius 2 is 1.70 bits per heavy atom. The summed E-state index contributed by atoms with van der Waals surface area (Å²) in [6.07, 6.45) is 1.38. The molecule has 8 heteroatoms. The van der Waals surface area contributed by atoms with Gasteiger partial charge in [0.1, 0.15) is 22.1 Å². The Morgan fingerprint density at radius 3 is 2.26 bits per heavy atom. The summed E-state index contributed by atoms with van der Waals surface area (Å²) >= 11 is 0. The van der Waals surface area contributed by atoms with Gasteiger partial charge in [0.25, 0.3) is 10.0 Å². The second-order valence-corrected chi connectivity index (χ2v) is 6.00. The summed E-state index contributed by atoms with van der Waals surface area (Å²) in [7, 11) is -1.26. The fraction of sp³-hybridized carbons (Fsp3) is 0.133. The van der Waals surface area contributed by atoms with Gasteiger partial charge in [-0.25, -0.2) is 13.2 Å². The van der Waals surface area contributed by atoms with Gasteiger partial charge in [-0.1, -0.05) is 18.2 Å². The molecular formula is C15H14N2O5S. The molecule has 0 heterocycles. The molecule has 0 unspecified atom stereocenters. The van der Waals surface area contributed by atoms with Crippen molar-refractivity contribution in [3.05, 3.63) is 42.5 Å². The number of hydrogen-bond acceptors (Lipinski definition) is 6. The third-order valence-electron chi connectivity index (χ3n) is 2.95. The number of benzene rings is 2. The minimum atomic E-state index is -3.92. The molecular weight excluding hydrogens is 320 g/mol. The molecule has 1 N–H and O–H groups in total. The topological polar surface area (TPSA) is 94.1 Å². The van der Waals surface area contributed by atoms with E-state index in [9.17, 15) is 13.2 Å². The number of aliphatic imine (C=N–C) groups is 1. The Labute approximate surface area is 133 Å². The summed E-state index contributed by atoms with van der Waals surface area (Å²) in [5.41, 5.74) is 0.529. The predicted molar refractivity (Wildman–Crippen MR) is 84.6 cm³/mol. The van der Waals surface area contributed by atoms with Gasteiger partial charge in [-0.05, 0) is 12.1 Å². The second-order valence-electron chi connectivity index (χ2n) is 4.35. The summed E-state index contributed by atoms with van der Waals surface area (Å²) in [6, 6.07) is 10.9. The van der Waals surface area contributed by atoms with Crippen molar-refractivity contribution < 1.29 is 22.7 Å². The van der Waals surface area contributed by atoms with Crippen LogP contribution in [0.2, 0.25) is 0 Å². The van der Waals surface area contributed by atoms with E-state index >= 15 is 0 Å². The van der Waals surface area contributed by atoms with Crippen molar-refractivity contribution in [2.75, 3.05) is 18.9 Å². The molecule has 2 aromatic carbocycles. The first kappa shape index (κ1) is 16.5. The number of rotatable bonds is 6. The average Bonchev–Trinajstić information content (AvgIpc) is 2.55. The molecule has 0 amide bonds. The monoisotopic (exact) mass is 334 g/mol. The van der Waals surface area contributed by atoms with Crippen LogP contribution in [-0.2, 0) is 14.8 Å². The molecule has 2 aromatic rings. The highest BCUT2D eigenvalue weighted by molar-refractivity contribution is 7.92. The molecule has 0 aliphatic rings. The first-order chi connectivity index (χ1) is 11.0. The Bertz CT molecular complexity index is 844. The van der Waals surface area contributed by atoms with Crippen molar-refractivity contribution in [3.8, 4) is 11.5 Å². The van der Waals surface area contributed by atoms with Crippen LogP contribution in [0.3, 0.4) is 0 Å². The van der Waals surface area contributed by atoms with Crippen LogP contribution in [0.1, 0.15) is 0 Å². The zero-order chi connectivity index (χ0) is 16.9. The fourth-order valence-corrected chi connectivity index (χ4v) is 3.14. The first-order valence-corrected chi connectivity index (χ1v) is 7.92. The molecule has 0 bridgehead atoms. The lowest BCUT2D eigenvalue weighted by Crippen LogP contribution is -2.14. The van der Waals surface area contributed by atoms with Crippen LogP contribution < -0.4 is 14.2 Å². The number of para-hydroxylation sites is 1. The van der Waals surface area contributed by atoms with Crippen molar-refractivity contribution in [2.45, 2.75) is 4.90 Å². The lowest BCUT2D eigenvalue weighted by Gasteiger charge is -2.14. The van der Waals surface area contributed by atoms with E-state index in [0.29, 0.717) is 5.69 Å². The quantitative estimate of drug-likeness (QED) is 0.647. The number of ether oxygens (including phenoxy) is 2. The first-order valence-electron chi connectivity index (χ1n) is 6.43. The summed E-state index contributed by atoms with van der Waals surface area (Å²) < 4.78 is 37.7. The van der Waals surface area contributed by atoms with Crippen LogP contribution in [0.15, 0.2) is 52.4 Å². The highest BCUT2D eigenvalue weighted by atomic mass is 32.2. The number of isocyanates is 1. The molecule has 23 heavy (non-hydrogen) atoms. The van der Waals surface area contributed by atoms with Crippen LogP contribution in [-0.4, -0.2) is 28.7 Å². The normalized spacial score (nSPS) is 10.5. The van der Waals surface area contributed by atoms with E-state index in [0.717, 1.165) is 0 Å². The van der Waals surface area contributed by atoms with Crippen LogP contribution >= 0.6 is 0 Å². The van der Waals surface area contributed by atoms with Gasteiger partial charge in [-0.15, -0.1) is 0 Å². The lowest BCUT2D eigenvalue weighted by molar-refractivity contribution is 0.393. The largest absolute Gasteiger partial charge is 0.495 e. The minimum absolute atomic E-state index is 0.0308. The molecule has 0 atom stereocenters. The summed E-state index contributed by atoms with van der Waals surface area (Å²) in [5, 5.41) is 0. The van der Waals surface area contributed by atoms with Gasteiger partial charge in [0.2, 0.25) is 6.08 Å². The van der Waals surface area contributed by atoms with Gasteiger partial charge in [-0.2, -0.15) is 4.99 Å². The van der Waals surface area contributed by atoms with E-state index in [2.05, 4.69) is 9.71 Å². The van der Waals surface area contributed by atoms with E-state index in [-0.39, 0.29) is 22.1 Å². The Morgan fingerprint density at radius 1 is 1.04 bits per heavy atom. The van der Waals surface area contributed by atoms with E-state index < -0.39 is 10.0 Å². The van der Waals surface area contributed by atoms with Crippen molar-refractivity contribution in [3.63, 3.8) is 0 Å². The van der Waals surface area contributed by atoms with Gasteiger partial charge in [0, 0.05) is 17.8 Å². The van der Waals surface area contributed by atoms with E-state index in [1.807, 2.05) is 0 Å².